The summed E-state index contributed by atoms with van der Waals surface area (Å²) in [5, 5.41) is 3.25. The van der Waals surface area contributed by atoms with Crippen molar-refractivity contribution in [2.45, 2.75) is 19.1 Å². The van der Waals surface area contributed by atoms with Crippen LogP contribution in [0.3, 0.4) is 0 Å². The summed E-state index contributed by atoms with van der Waals surface area (Å²) in [4.78, 5) is 13.5. The number of benzene rings is 1. The molecule has 2 unspecified atom stereocenters. The molecule has 0 aliphatic carbocycles. The lowest BCUT2D eigenvalue weighted by molar-refractivity contribution is -0.128. The van der Waals surface area contributed by atoms with E-state index in [1.807, 2.05) is 38.2 Å². The second-order valence-corrected chi connectivity index (χ2v) is 4.41. The van der Waals surface area contributed by atoms with Crippen LogP contribution in [0.1, 0.15) is 18.7 Å². The van der Waals surface area contributed by atoms with Crippen LogP contribution in [0.2, 0.25) is 0 Å². The third-order valence-corrected chi connectivity index (χ3v) is 3.08. The predicted molar refractivity (Wildman–Crippen MR) is 70.2 cm³/mol. The first kappa shape index (κ1) is 12.6. The fourth-order valence-corrected chi connectivity index (χ4v) is 2.07. The van der Waals surface area contributed by atoms with Gasteiger partial charge in [-0.2, -0.15) is 0 Å². The van der Waals surface area contributed by atoms with Crippen LogP contribution in [-0.4, -0.2) is 30.5 Å². The van der Waals surface area contributed by atoms with Crippen LogP contribution >= 0.6 is 0 Å². The van der Waals surface area contributed by atoms with Crippen molar-refractivity contribution in [3.63, 3.8) is 0 Å². The minimum absolute atomic E-state index is 0.0547. The topological polar surface area (TPSA) is 41.6 Å². The molecule has 1 fully saturated rings. The number of carbonyl (C=O) groups excluding carboxylic acids is 1. The number of hydrogen-bond acceptors (Lipinski definition) is 3. The Balaban J connectivity index is 2.10. The number of nitrogens with zero attached hydrogens (tertiary/aromatic N) is 1. The minimum atomic E-state index is -0.128. The fourth-order valence-electron chi connectivity index (χ4n) is 2.07. The van der Waals surface area contributed by atoms with Crippen LogP contribution < -0.4 is 10.1 Å². The summed E-state index contributed by atoms with van der Waals surface area (Å²) >= 11 is 0. The molecule has 1 N–H and O–H groups in total. The van der Waals surface area contributed by atoms with Crippen molar-refractivity contribution in [1.82, 2.24) is 10.2 Å². The number of ether oxygens (including phenoxy) is 1. The van der Waals surface area contributed by atoms with Gasteiger partial charge in [-0.1, -0.05) is 24.8 Å². The number of nitrogens with one attached hydrogen (secondary N) is 1. The third-order valence-electron chi connectivity index (χ3n) is 3.08. The first-order chi connectivity index (χ1) is 8.63. The van der Waals surface area contributed by atoms with Crippen LogP contribution in [-0.2, 0) is 4.79 Å². The molecule has 1 amide bonds. The number of rotatable bonds is 4. The first-order valence-electron chi connectivity index (χ1n) is 6.00. The molecule has 1 heterocycles. The monoisotopic (exact) mass is 246 g/mol. The summed E-state index contributed by atoms with van der Waals surface area (Å²) in [6.45, 7) is 5.98. The van der Waals surface area contributed by atoms with E-state index in [4.69, 9.17) is 4.74 Å². The molecule has 2 atom stereocenters. The number of amides is 1. The Hall–Kier alpha value is -1.81. The summed E-state index contributed by atoms with van der Waals surface area (Å²) in [6.07, 6.45) is 1.65. The summed E-state index contributed by atoms with van der Waals surface area (Å²) in [7, 11) is 1.81. The average Bonchev–Trinajstić information content (AvgIpc) is 2.65. The zero-order valence-electron chi connectivity index (χ0n) is 10.7. The average molecular weight is 246 g/mol. The molecular weight excluding hydrogens is 228 g/mol. The normalized spacial score (nSPS) is 23.2. The highest BCUT2D eigenvalue weighted by Crippen LogP contribution is 2.25. The molecule has 0 radical (unpaired) electrons. The molecule has 1 aliphatic rings. The maximum atomic E-state index is 11.7. The zero-order valence-corrected chi connectivity index (χ0v) is 10.7. The van der Waals surface area contributed by atoms with Gasteiger partial charge in [0, 0.05) is 7.05 Å². The first-order valence-corrected chi connectivity index (χ1v) is 6.00. The molecule has 0 saturated carbocycles. The van der Waals surface area contributed by atoms with E-state index in [0.29, 0.717) is 6.61 Å². The molecular formula is C14H18N2O2. The van der Waals surface area contributed by atoms with Crippen LogP contribution in [0.5, 0.6) is 5.75 Å². The van der Waals surface area contributed by atoms with Crippen LogP contribution in [0.25, 0.3) is 0 Å². The Morgan fingerprint density at radius 3 is 2.61 bits per heavy atom. The van der Waals surface area contributed by atoms with Crippen molar-refractivity contribution >= 4 is 5.91 Å². The van der Waals surface area contributed by atoms with Crippen LogP contribution in [0.15, 0.2) is 36.9 Å². The van der Waals surface area contributed by atoms with Crippen LogP contribution in [0, 0.1) is 0 Å². The summed E-state index contributed by atoms with van der Waals surface area (Å²) in [5.41, 5.74) is 1.06. The molecule has 0 spiro atoms. The van der Waals surface area contributed by atoms with E-state index in [-0.39, 0.29) is 18.1 Å². The van der Waals surface area contributed by atoms with Crippen molar-refractivity contribution in [2.24, 2.45) is 0 Å². The van der Waals surface area contributed by atoms with Crippen LogP contribution in [0.4, 0.5) is 0 Å². The Bertz CT molecular complexity index is 442. The van der Waals surface area contributed by atoms with Gasteiger partial charge in [-0.25, -0.2) is 0 Å². The molecule has 1 aromatic carbocycles. The quantitative estimate of drug-likeness (QED) is 0.822. The Kier molecular flexibility index (Phi) is 3.67. The van der Waals surface area contributed by atoms with E-state index in [1.165, 1.54) is 0 Å². The fraction of sp³-hybridized carbons (Fsp3) is 0.357. The Morgan fingerprint density at radius 1 is 1.44 bits per heavy atom. The number of likely N-dealkylation sites (N-methyl/N-ethyl adjacent to an activating group) is 1. The molecule has 1 saturated heterocycles. The number of hydrogen-bond donors (Lipinski definition) is 1. The maximum absolute atomic E-state index is 11.7. The van der Waals surface area contributed by atoms with E-state index in [2.05, 4.69) is 11.9 Å². The second-order valence-electron chi connectivity index (χ2n) is 4.41. The van der Waals surface area contributed by atoms with Crippen molar-refractivity contribution in [2.75, 3.05) is 13.7 Å². The van der Waals surface area contributed by atoms with E-state index in [9.17, 15) is 4.79 Å². The van der Waals surface area contributed by atoms with Gasteiger partial charge < -0.3 is 9.64 Å². The highest BCUT2D eigenvalue weighted by molar-refractivity contribution is 5.83. The Labute approximate surface area is 107 Å². The van der Waals surface area contributed by atoms with Gasteiger partial charge >= 0.3 is 0 Å². The van der Waals surface area contributed by atoms with Crippen molar-refractivity contribution in [1.29, 1.82) is 0 Å². The van der Waals surface area contributed by atoms with Gasteiger partial charge in [0.15, 0.2) is 0 Å². The lowest BCUT2D eigenvalue weighted by Crippen LogP contribution is -2.25. The molecule has 2 rings (SSSR count). The summed E-state index contributed by atoms with van der Waals surface area (Å²) in [6, 6.07) is 7.62. The smallest absolute Gasteiger partial charge is 0.240 e. The van der Waals surface area contributed by atoms with Gasteiger partial charge in [0.25, 0.3) is 0 Å². The highest BCUT2D eigenvalue weighted by Gasteiger charge is 2.34. The van der Waals surface area contributed by atoms with E-state index in [0.717, 1.165) is 11.3 Å². The lowest BCUT2D eigenvalue weighted by Gasteiger charge is -2.19. The van der Waals surface area contributed by atoms with Gasteiger partial charge in [-0.05, 0) is 24.6 Å². The molecule has 0 bridgehead atoms. The third kappa shape index (κ3) is 2.38. The van der Waals surface area contributed by atoms with Crippen molar-refractivity contribution < 1.29 is 9.53 Å². The lowest BCUT2D eigenvalue weighted by atomic mass is 10.1. The SMILES string of the molecule is C=CCOc1ccc(C2NC(C)C(=O)N2C)cc1. The maximum Gasteiger partial charge on any atom is 0.240 e. The Morgan fingerprint density at radius 2 is 2.11 bits per heavy atom. The molecule has 18 heavy (non-hydrogen) atoms. The van der Waals surface area contributed by atoms with Gasteiger partial charge in [0.2, 0.25) is 5.91 Å². The predicted octanol–water partition coefficient (Wildman–Crippen LogP) is 1.70. The standard InChI is InChI=1S/C14H18N2O2/c1-4-9-18-12-7-5-11(6-8-12)13-15-10(2)14(17)16(13)3/h4-8,10,13,15H,1,9H2,2-3H3. The molecule has 96 valence electrons. The molecule has 0 aromatic heterocycles. The summed E-state index contributed by atoms with van der Waals surface area (Å²) in [5.74, 6) is 0.922. The van der Waals surface area contributed by atoms with Crippen molar-refractivity contribution in [3.05, 3.63) is 42.5 Å². The van der Waals surface area contributed by atoms with E-state index < -0.39 is 0 Å². The van der Waals surface area contributed by atoms with Crippen molar-refractivity contribution in [3.8, 4) is 5.75 Å². The molecule has 1 aliphatic heterocycles. The highest BCUT2D eigenvalue weighted by atomic mass is 16.5. The van der Waals surface area contributed by atoms with Gasteiger partial charge in [0.05, 0.1) is 6.04 Å². The second kappa shape index (κ2) is 5.23. The summed E-state index contributed by atoms with van der Waals surface area (Å²) < 4.78 is 5.42. The van der Waals surface area contributed by atoms with E-state index >= 15 is 0 Å². The molecule has 4 nitrogen and oxygen atoms in total. The molecule has 4 heteroatoms. The molecule has 1 aromatic rings. The minimum Gasteiger partial charge on any atom is -0.490 e. The van der Waals surface area contributed by atoms with Gasteiger partial charge in [-0.3, -0.25) is 10.1 Å². The van der Waals surface area contributed by atoms with Gasteiger partial charge in [0.1, 0.15) is 18.5 Å². The zero-order chi connectivity index (χ0) is 13.1. The van der Waals surface area contributed by atoms with Gasteiger partial charge in [-0.15, -0.1) is 0 Å². The number of carbonyl (C=O) groups is 1. The van der Waals surface area contributed by atoms with E-state index in [1.54, 1.807) is 11.0 Å². The largest absolute Gasteiger partial charge is 0.490 e.